The lowest BCUT2D eigenvalue weighted by atomic mass is 9.85. The van der Waals surface area contributed by atoms with Crippen molar-refractivity contribution in [3.05, 3.63) is 119 Å². The summed E-state index contributed by atoms with van der Waals surface area (Å²) in [7, 11) is 0. The van der Waals surface area contributed by atoms with Gasteiger partial charge in [0.25, 0.3) is 0 Å². The van der Waals surface area contributed by atoms with E-state index in [-0.39, 0.29) is 5.41 Å². The van der Waals surface area contributed by atoms with Crippen molar-refractivity contribution in [2.45, 2.75) is 31.9 Å². The smallest absolute Gasteiger partial charge is 0.249 e. The number of rotatable bonds is 4. The van der Waals surface area contributed by atoms with Crippen molar-refractivity contribution in [3.8, 4) is 11.1 Å². The van der Waals surface area contributed by atoms with Crippen LogP contribution < -0.4 is 5.43 Å². The number of hydrazone groups is 1. The minimum atomic E-state index is -0.979. The number of aromatic amines is 1. The molecule has 0 amide bonds. The zero-order valence-corrected chi connectivity index (χ0v) is 20.5. The average Bonchev–Trinajstić information content (AvgIpc) is 3.57. The lowest BCUT2D eigenvalue weighted by Gasteiger charge is -2.30. The summed E-state index contributed by atoms with van der Waals surface area (Å²) in [6.45, 7) is 6.64. The third-order valence-electron chi connectivity index (χ3n) is 6.70. The zero-order valence-electron chi connectivity index (χ0n) is 20.5. The van der Waals surface area contributed by atoms with E-state index in [1.54, 1.807) is 0 Å². The van der Waals surface area contributed by atoms with Gasteiger partial charge in [0.15, 0.2) is 0 Å². The Labute approximate surface area is 210 Å². The number of hydrogen-bond donors (Lipinski definition) is 2. The predicted octanol–water partition coefficient (Wildman–Crippen LogP) is 6.11. The number of para-hydroxylation sites is 1. The van der Waals surface area contributed by atoms with Gasteiger partial charge in [0, 0.05) is 11.1 Å². The van der Waals surface area contributed by atoms with Crippen LogP contribution in [0.1, 0.15) is 43.0 Å². The van der Waals surface area contributed by atoms with Crippen LogP contribution in [0.15, 0.2) is 102 Å². The SMILES string of the molecule is CC(C)(C)c1ccc(C2(c3ccc(-c4ccccc4)cc3)NN=C(c3cccc4n[nH]nc34)O2)cc1. The second-order valence-corrected chi connectivity index (χ2v) is 10.1. The van der Waals surface area contributed by atoms with Gasteiger partial charge >= 0.3 is 0 Å². The molecule has 1 atom stereocenters. The lowest BCUT2D eigenvalue weighted by molar-refractivity contribution is 0.0914. The molecule has 0 aliphatic carbocycles. The van der Waals surface area contributed by atoms with Crippen LogP contribution in [-0.4, -0.2) is 21.3 Å². The molecular formula is C30H27N5O. The fourth-order valence-corrected chi connectivity index (χ4v) is 4.62. The summed E-state index contributed by atoms with van der Waals surface area (Å²) in [6, 6.07) is 33.1. The molecule has 0 saturated heterocycles. The largest absolute Gasteiger partial charge is 0.439 e. The standard InChI is InChI=1S/C30H27N5O/c1-29(2,3)22-16-18-24(19-17-22)30(23-14-12-21(13-15-23)20-8-5-4-6-9-20)34-33-28(36-30)25-10-7-11-26-27(25)32-35-31-26/h4-19,34H,1-3H3,(H,31,32,35). The van der Waals surface area contributed by atoms with Gasteiger partial charge in [0.1, 0.15) is 11.0 Å². The Bertz CT molecular complexity index is 1550. The topological polar surface area (TPSA) is 75.2 Å². The lowest BCUT2D eigenvalue weighted by Crippen LogP contribution is -2.39. The highest BCUT2D eigenvalue weighted by molar-refractivity contribution is 6.05. The summed E-state index contributed by atoms with van der Waals surface area (Å²) in [5.74, 6) is 0.474. The summed E-state index contributed by atoms with van der Waals surface area (Å²) in [6.07, 6.45) is 0. The number of nitrogens with one attached hydrogen (secondary N) is 2. The maximum atomic E-state index is 6.71. The summed E-state index contributed by atoms with van der Waals surface area (Å²) < 4.78 is 6.71. The fourth-order valence-electron chi connectivity index (χ4n) is 4.62. The van der Waals surface area contributed by atoms with E-state index in [9.17, 15) is 0 Å². The maximum Gasteiger partial charge on any atom is 0.249 e. The van der Waals surface area contributed by atoms with E-state index in [0.717, 1.165) is 33.3 Å². The molecule has 0 fully saturated rings. The van der Waals surface area contributed by atoms with Crippen LogP contribution >= 0.6 is 0 Å². The Morgan fingerprint density at radius 3 is 2.06 bits per heavy atom. The van der Waals surface area contributed by atoms with Crippen molar-refractivity contribution in [3.63, 3.8) is 0 Å². The molecule has 178 valence electrons. The minimum absolute atomic E-state index is 0.0528. The number of aromatic nitrogens is 3. The number of ether oxygens (including phenoxy) is 1. The molecule has 0 bridgehead atoms. The molecule has 0 radical (unpaired) electrons. The molecule has 4 aromatic carbocycles. The van der Waals surface area contributed by atoms with Gasteiger partial charge < -0.3 is 4.74 Å². The number of benzene rings is 4. The Morgan fingerprint density at radius 1 is 0.694 bits per heavy atom. The van der Waals surface area contributed by atoms with E-state index in [1.165, 1.54) is 11.1 Å². The van der Waals surface area contributed by atoms with Gasteiger partial charge in [-0.1, -0.05) is 106 Å². The monoisotopic (exact) mass is 473 g/mol. The van der Waals surface area contributed by atoms with Crippen LogP contribution in [-0.2, 0) is 15.9 Å². The molecule has 1 aromatic heterocycles. The van der Waals surface area contributed by atoms with Crippen molar-refractivity contribution < 1.29 is 4.74 Å². The second-order valence-electron chi connectivity index (χ2n) is 10.1. The Morgan fingerprint density at radius 2 is 1.36 bits per heavy atom. The normalized spacial score (nSPS) is 17.5. The van der Waals surface area contributed by atoms with E-state index in [4.69, 9.17) is 4.74 Å². The molecule has 6 nitrogen and oxygen atoms in total. The fraction of sp³-hybridized carbons (Fsp3) is 0.167. The minimum Gasteiger partial charge on any atom is -0.439 e. The van der Waals surface area contributed by atoms with Crippen LogP contribution in [0.5, 0.6) is 0 Å². The van der Waals surface area contributed by atoms with E-state index in [1.807, 2.05) is 36.4 Å². The first-order valence-corrected chi connectivity index (χ1v) is 12.0. The quantitative estimate of drug-likeness (QED) is 0.330. The molecule has 0 saturated carbocycles. The molecular weight excluding hydrogens is 446 g/mol. The van der Waals surface area contributed by atoms with Crippen LogP contribution in [0.3, 0.4) is 0 Å². The third-order valence-corrected chi connectivity index (χ3v) is 6.70. The van der Waals surface area contributed by atoms with Gasteiger partial charge in [-0.2, -0.15) is 15.4 Å². The first-order valence-electron chi connectivity index (χ1n) is 12.0. The third kappa shape index (κ3) is 3.71. The highest BCUT2D eigenvalue weighted by Crippen LogP contribution is 2.38. The van der Waals surface area contributed by atoms with E-state index in [0.29, 0.717) is 5.90 Å². The van der Waals surface area contributed by atoms with Gasteiger partial charge in [-0.05, 0) is 34.2 Å². The van der Waals surface area contributed by atoms with Gasteiger partial charge in [-0.15, -0.1) is 5.10 Å². The first-order chi connectivity index (χ1) is 17.4. The maximum absolute atomic E-state index is 6.71. The Hall–Kier alpha value is -4.45. The van der Waals surface area contributed by atoms with Crippen molar-refractivity contribution in [2.24, 2.45) is 5.10 Å². The molecule has 2 N–H and O–H groups in total. The van der Waals surface area contributed by atoms with Crippen molar-refractivity contribution in [1.82, 2.24) is 20.8 Å². The molecule has 1 unspecified atom stereocenters. The van der Waals surface area contributed by atoms with Gasteiger partial charge in [0.2, 0.25) is 11.6 Å². The number of hydrogen-bond acceptors (Lipinski definition) is 5. The van der Waals surface area contributed by atoms with Gasteiger partial charge in [0.05, 0.1) is 5.56 Å². The van der Waals surface area contributed by atoms with Crippen LogP contribution in [0, 0.1) is 0 Å². The molecule has 5 aromatic rings. The molecule has 6 rings (SSSR count). The first kappa shape index (κ1) is 22.0. The number of fused-ring (bicyclic) bond motifs is 1. The average molecular weight is 474 g/mol. The number of nitrogens with zero attached hydrogens (tertiary/aromatic N) is 3. The highest BCUT2D eigenvalue weighted by Gasteiger charge is 2.43. The molecule has 36 heavy (non-hydrogen) atoms. The Kier molecular flexibility index (Phi) is 5.11. The molecule has 1 aliphatic rings. The molecule has 1 aliphatic heterocycles. The molecule has 0 spiro atoms. The zero-order chi connectivity index (χ0) is 24.8. The van der Waals surface area contributed by atoms with Crippen LogP contribution in [0.25, 0.3) is 22.2 Å². The van der Waals surface area contributed by atoms with Crippen molar-refractivity contribution in [1.29, 1.82) is 0 Å². The summed E-state index contributed by atoms with van der Waals surface area (Å²) in [4.78, 5) is 0. The second kappa shape index (κ2) is 8.34. The van der Waals surface area contributed by atoms with Crippen molar-refractivity contribution in [2.75, 3.05) is 0 Å². The van der Waals surface area contributed by atoms with E-state index >= 15 is 0 Å². The summed E-state index contributed by atoms with van der Waals surface area (Å²) in [5.41, 5.74) is 10.2. The van der Waals surface area contributed by atoms with Gasteiger partial charge in [-0.3, -0.25) is 5.43 Å². The van der Waals surface area contributed by atoms with Crippen molar-refractivity contribution >= 4 is 16.9 Å². The predicted molar refractivity (Wildman–Crippen MR) is 142 cm³/mol. The van der Waals surface area contributed by atoms with Gasteiger partial charge in [-0.25, -0.2) is 0 Å². The summed E-state index contributed by atoms with van der Waals surface area (Å²) >= 11 is 0. The molecule has 2 heterocycles. The molecule has 6 heteroatoms. The summed E-state index contributed by atoms with van der Waals surface area (Å²) in [5, 5.41) is 15.9. The van der Waals surface area contributed by atoms with E-state index < -0.39 is 5.72 Å². The highest BCUT2D eigenvalue weighted by atomic mass is 16.5. The number of H-pyrrole nitrogens is 1. The Balaban J connectivity index is 1.43. The van der Waals surface area contributed by atoms with E-state index in [2.05, 4.69) is 107 Å². The van der Waals surface area contributed by atoms with Crippen LogP contribution in [0.2, 0.25) is 0 Å². The van der Waals surface area contributed by atoms with Crippen LogP contribution in [0.4, 0.5) is 0 Å².